The molecule has 1 aromatic heterocycles. The average molecular weight is 278 g/mol. The Hall–Kier alpha value is -1.94. The summed E-state index contributed by atoms with van der Waals surface area (Å²) >= 11 is 5.87. The number of nitrogens with one attached hydrogen (secondary N) is 1. The summed E-state index contributed by atoms with van der Waals surface area (Å²) < 4.78 is 5.34. The second-order valence-corrected chi connectivity index (χ2v) is 4.57. The van der Waals surface area contributed by atoms with Gasteiger partial charge in [0, 0.05) is 5.56 Å². The molecule has 2 aromatic rings. The van der Waals surface area contributed by atoms with Crippen molar-refractivity contribution in [1.82, 2.24) is 4.98 Å². The lowest BCUT2D eigenvalue weighted by atomic mass is 10.1. The molecular weight excluding hydrogens is 262 g/mol. The van der Waals surface area contributed by atoms with E-state index in [0.29, 0.717) is 16.7 Å². The molecule has 19 heavy (non-hydrogen) atoms. The van der Waals surface area contributed by atoms with Crippen molar-refractivity contribution in [3.05, 3.63) is 47.1 Å². The summed E-state index contributed by atoms with van der Waals surface area (Å²) in [5.74, 6) is 1.40. The molecule has 1 aromatic carbocycles. The van der Waals surface area contributed by atoms with Gasteiger partial charge in [-0.05, 0) is 25.1 Å². The van der Waals surface area contributed by atoms with E-state index in [1.54, 1.807) is 19.2 Å². The Kier molecular flexibility index (Phi) is 4.12. The fourth-order valence-corrected chi connectivity index (χ4v) is 2.02. The van der Waals surface area contributed by atoms with Gasteiger partial charge in [0.25, 0.3) is 0 Å². The Morgan fingerprint density at radius 1 is 1.26 bits per heavy atom. The maximum absolute atomic E-state index is 5.87. The quantitative estimate of drug-likeness (QED) is 0.840. The molecule has 0 aliphatic carbocycles. The number of pyridine rings is 1. The number of rotatable bonds is 4. The first-order chi connectivity index (χ1) is 9.11. The Labute approximate surface area is 117 Å². The zero-order chi connectivity index (χ0) is 13.8. The molecule has 0 saturated heterocycles. The van der Waals surface area contributed by atoms with E-state index in [-0.39, 0.29) is 6.04 Å². The standard InChI is InChI=1S/C14H16ClN3O/c1-9(10-5-3-4-6-12(10)19-2)17-14-11(16)7-8-13(15)18-14/h3-9H,16H2,1-2H3,(H,17,18)/t9-/m0/s1. The monoisotopic (exact) mass is 277 g/mol. The highest BCUT2D eigenvalue weighted by molar-refractivity contribution is 6.29. The second-order valence-electron chi connectivity index (χ2n) is 4.18. The maximum Gasteiger partial charge on any atom is 0.151 e. The van der Waals surface area contributed by atoms with Crippen LogP contribution in [0.5, 0.6) is 5.75 Å². The second kappa shape index (κ2) is 5.80. The highest BCUT2D eigenvalue weighted by Crippen LogP contribution is 2.29. The predicted molar refractivity (Wildman–Crippen MR) is 78.7 cm³/mol. The topological polar surface area (TPSA) is 60.2 Å². The van der Waals surface area contributed by atoms with E-state index in [9.17, 15) is 0 Å². The first-order valence-corrected chi connectivity index (χ1v) is 6.31. The molecule has 4 nitrogen and oxygen atoms in total. The summed E-state index contributed by atoms with van der Waals surface area (Å²) in [4.78, 5) is 4.18. The summed E-state index contributed by atoms with van der Waals surface area (Å²) in [6, 6.07) is 11.2. The smallest absolute Gasteiger partial charge is 0.151 e. The fraction of sp³-hybridized carbons (Fsp3) is 0.214. The number of hydrogen-bond donors (Lipinski definition) is 2. The van der Waals surface area contributed by atoms with Crippen LogP contribution in [-0.2, 0) is 0 Å². The molecule has 1 heterocycles. The predicted octanol–water partition coefficient (Wildman–Crippen LogP) is 3.50. The Balaban J connectivity index is 2.25. The summed E-state index contributed by atoms with van der Waals surface area (Å²) in [6.45, 7) is 2.01. The van der Waals surface area contributed by atoms with Crippen LogP contribution in [0.2, 0.25) is 5.15 Å². The van der Waals surface area contributed by atoms with Crippen molar-refractivity contribution in [1.29, 1.82) is 0 Å². The normalized spacial score (nSPS) is 11.9. The van der Waals surface area contributed by atoms with Crippen LogP contribution in [0.25, 0.3) is 0 Å². The van der Waals surface area contributed by atoms with Gasteiger partial charge < -0.3 is 15.8 Å². The lowest BCUT2D eigenvalue weighted by molar-refractivity contribution is 0.408. The molecule has 0 aliphatic rings. The van der Waals surface area contributed by atoms with Crippen molar-refractivity contribution in [3.63, 3.8) is 0 Å². The molecule has 0 bridgehead atoms. The number of nitrogen functional groups attached to an aromatic ring is 1. The van der Waals surface area contributed by atoms with Crippen molar-refractivity contribution in [2.75, 3.05) is 18.2 Å². The van der Waals surface area contributed by atoms with Gasteiger partial charge in [-0.15, -0.1) is 0 Å². The van der Waals surface area contributed by atoms with Crippen LogP contribution in [0.3, 0.4) is 0 Å². The molecule has 0 radical (unpaired) electrons. The van der Waals surface area contributed by atoms with Crippen LogP contribution in [0, 0.1) is 0 Å². The van der Waals surface area contributed by atoms with Crippen LogP contribution < -0.4 is 15.8 Å². The molecule has 100 valence electrons. The van der Waals surface area contributed by atoms with Gasteiger partial charge in [-0.2, -0.15) is 0 Å². The van der Waals surface area contributed by atoms with Crippen molar-refractivity contribution in [3.8, 4) is 5.75 Å². The average Bonchev–Trinajstić information content (AvgIpc) is 2.42. The molecule has 3 N–H and O–H groups in total. The third-order valence-electron chi connectivity index (χ3n) is 2.85. The number of aromatic nitrogens is 1. The van der Waals surface area contributed by atoms with E-state index in [1.165, 1.54) is 0 Å². The molecule has 0 spiro atoms. The highest BCUT2D eigenvalue weighted by atomic mass is 35.5. The SMILES string of the molecule is COc1ccccc1[C@H](C)Nc1nc(Cl)ccc1N. The van der Waals surface area contributed by atoms with Gasteiger partial charge in [0.05, 0.1) is 18.8 Å². The van der Waals surface area contributed by atoms with Crippen molar-refractivity contribution < 1.29 is 4.74 Å². The minimum atomic E-state index is 0.00409. The van der Waals surface area contributed by atoms with Gasteiger partial charge in [-0.3, -0.25) is 0 Å². The number of hydrogen-bond acceptors (Lipinski definition) is 4. The van der Waals surface area contributed by atoms with Gasteiger partial charge in [0.2, 0.25) is 0 Å². The third-order valence-corrected chi connectivity index (χ3v) is 3.06. The molecule has 0 saturated carbocycles. The number of methoxy groups -OCH3 is 1. The third kappa shape index (κ3) is 3.09. The Morgan fingerprint density at radius 3 is 2.74 bits per heavy atom. The number of ether oxygens (including phenoxy) is 1. The fourth-order valence-electron chi connectivity index (χ4n) is 1.87. The van der Waals surface area contributed by atoms with E-state index in [1.807, 2.05) is 31.2 Å². The van der Waals surface area contributed by atoms with Crippen LogP contribution in [0.4, 0.5) is 11.5 Å². The van der Waals surface area contributed by atoms with Gasteiger partial charge in [-0.25, -0.2) is 4.98 Å². The minimum Gasteiger partial charge on any atom is -0.496 e. The molecule has 0 aliphatic heterocycles. The summed E-state index contributed by atoms with van der Waals surface area (Å²) in [5.41, 5.74) is 7.47. The number of anilines is 2. The van der Waals surface area contributed by atoms with Crippen LogP contribution in [-0.4, -0.2) is 12.1 Å². The van der Waals surface area contributed by atoms with E-state index in [2.05, 4.69) is 10.3 Å². The lowest BCUT2D eigenvalue weighted by Crippen LogP contribution is -2.11. The maximum atomic E-state index is 5.87. The first-order valence-electron chi connectivity index (χ1n) is 5.93. The zero-order valence-electron chi connectivity index (χ0n) is 10.9. The van der Waals surface area contributed by atoms with Crippen LogP contribution in [0.15, 0.2) is 36.4 Å². The lowest BCUT2D eigenvalue weighted by Gasteiger charge is -2.18. The largest absolute Gasteiger partial charge is 0.496 e. The first kappa shape index (κ1) is 13.5. The van der Waals surface area contributed by atoms with Crippen molar-refractivity contribution >= 4 is 23.1 Å². The molecular formula is C14H16ClN3O. The van der Waals surface area contributed by atoms with E-state index >= 15 is 0 Å². The van der Waals surface area contributed by atoms with E-state index in [0.717, 1.165) is 11.3 Å². The minimum absolute atomic E-state index is 0.00409. The Morgan fingerprint density at radius 2 is 2.00 bits per heavy atom. The molecule has 5 heteroatoms. The number of nitrogens with two attached hydrogens (primary N) is 1. The van der Waals surface area contributed by atoms with Gasteiger partial charge >= 0.3 is 0 Å². The summed E-state index contributed by atoms with van der Waals surface area (Å²) in [5, 5.41) is 3.65. The Bertz CT molecular complexity index is 574. The molecule has 2 rings (SSSR count). The number of benzene rings is 1. The number of halogens is 1. The van der Waals surface area contributed by atoms with Gasteiger partial charge in [-0.1, -0.05) is 29.8 Å². The van der Waals surface area contributed by atoms with Crippen LogP contribution >= 0.6 is 11.6 Å². The summed E-state index contributed by atoms with van der Waals surface area (Å²) in [6.07, 6.45) is 0. The van der Waals surface area contributed by atoms with Gasteiger partial charge in [0.1, 0.15) is 10.9 Å². The van der Waals surface area contributed by atoms with Crippen molar-refractivity contribution in [2.45, 2.75) is 13.0 Å². The van der Waals surface area contributed by atoms with Gasteiger partial charge in [0.15, 0.2) is 5.82 Å². The highest BCUT2D eigenvalue weighted by Gasteiger charge is 2.12. The molecule has 0 amide bonds. The van der Waals surface area contributed by atoms with Crippen LogP contribution in [0.1, 0.15) is 18.5 Å². The molecule has 0 unspecified atom stereocenters. The zero-order valence-corrected chi connectivity index (χ0v) is 11.6. The molecule has 0 fully saturated rings. The summed E-state index contributed by atoms with van der Waals surface area (Å²) in [7, 11) is 1.65. The van der Waals surface area contributed by atoms with E-state index in [4.69, 9.17) is 22.1 Å². The van der Waals surface area contributed by atoms with Crippen molar-refractivity contribution in [2.24, 2.45) is 0 Å². The molecule has 1 atom stereocenters. The number of para-hydroxylation sites is 1. The van der Waals surface area contributed by atoms with E-state index < -0.39 is 0 Å². The number of nitrogens with zero attached hydrogens (tertiary/aromatic N) is 1.